The average Bonchev–Trinajstić information content (AvgIpc) is 2.71. The fourth-order valence-corrected chi connectivity index (χ4v) is 2.07. The molecule has 1 aromatic heterocycles. The summed E-state index contributed by atoms with van der Waals surface area (Å²) in [5.74, 6) is 3.08. The van der Waals surface area contributed by atoms with Crippen LogP contribution in [0.2, 0.25) is 0 Å². The summed E-state index contributed by atoms with van der Waals surface area (Å²) in [5, 5.41) is 3.41. The Morgan fingerprint density at radius 2 is 2.00 bits per heavy atom. The molecule has 0 aliphatic rings. The number of furan rings is 1. The van der Waals surface area contributed by atoms with Gasteiger partial charge >= 0.3 is 0 Å². The molecule has 4 heteroatoms. The van der Waals surface area contributed by atoms with Gasteiger partial charge in [-0.2, -0.15) is 11.8 Å². The van der Waals surface area contributed by atoms with Crippen molar-refractivity contribution in [2.75, 3.05) is 33.4 Å². The zero-order chi connectivity index (χ0) is 12.5. The van der Waals surface area contributed by atoms with Crippen LogP contribution >= 0.6 is 11.8 Å². The lowest BCUT2D eigenvalue weighted by molar-refractivity contribution is 0.389. The lowest BCUT2D eigenvalue weighted by Crippen LogP contribution is -2.17. The molecule has 1 aromatic rings. The van der Waals surface area contributed by atoms with Crippen molar-refractivity contribution in [3.05, 3.63) is 23.7 Å². The Kier molecular flexibility index (Phi) is 7.40. The molecule has 0 unspecified atom stereocenters. The van der Waals surface area contributed by atoms with E-state index >= 15 is 0 Å². The van der Waals surface area contributed by atoms with E-state index in [2.05, 4.69) is 42.7 Å². The molecule has 0 bridgehead atoms. The molecular formula is C13H24N2OS. The predicted molar refractivity (Wildman–Crippen MR) is 75.4 cm³/mol. The summed E-state index contributed by atoms with van der Waals surface area (Å²) in [6, 6.07) is 4.14. The lowest BCUT2D eigenvalue weighted by Gasteiger charge is -2.08. The number of nitrogens with zero attached hydrogens (tertiary/aromatic N) is 1. The molecule has 0 aliphatic carbocycles. The molecule has 3 nitrogen and oxygen atoms in total. The summed E-state index contributed by atoms with van der Waals surface area (Å²) in [6.45, 7) is 3.07. The Morgan fingerprint density at radius 1 is 1.24 bits per heavy atom. The van der Waals surface area contributed by atoms with Crippen LogP contribution in [0.1, 0.15) is 24.4 Å². The van der Waals surface area contributed by atoms with Crippen LogP contribution in [0, 0.1) is 0 Å². The largest absolute Gasteiger partial charge is 0.464 e. The van der Waals surface area contributed by atoms with Gasteiger partial charge in [0.15, 0.2) is 0 Å². The van der Waals surface area contributed by atoms with Gasteiger partial charge in [0.1, 0.15) is 11.5 Å². The van der Waals surface area contributed by atoms with Gasteiger partial charge in [0.2, 0.25) is 0 Å². The average molecular weight is 256 g/mol. The van der Waals surface area contributed by atoms with Gasteiger partial charge in [0.05, 0.1) is 12.3 Å². The zero-order valence-electron chi connectivity index (χ0n) is 11.2. The Bertz CT molecular complexity index is 299. The van der Waals surface area contributed by atoms with Crippen molar-refractivity contribution >= 4 is 11.8 Å². The molecule has 0 aromatic carbocycles. The Morgan fingerprint density at radius 3 is 2.71 bits per heavy atom. The maximum atomic E-state index is 5.68. The molecule has 0 aliphatic heterocycles. The second-order valence-electron chi connectivity index (χ2n) is 4.49. The summed E-state index contributed by atoms with van der Waals surface area (Å²) >= 11 is 1.79. The van der Waals surface area contributed by atoms with Crippen LogP contribution in [0.25, 0.3) is 0 Å². The van der Waals surface area contributed by atoms with Crippen molar-refractivity contribution in [1.82, 2.24) is 10.2 Å². The minimum absolute atomic E-state index is 0.844. The fraction of sp³-hybridized carbons (Fsp3) is 0.692. The first-order valence-corrected chi connectivity index (χ1v) is 7.53. The molecule has 0 radical (unpaired) electrons. The second kappa shape index (κ2) is 8.61. The van der Waals surface area contributed by atoms with Gasteiger partial charge in [-0.05, 0) is 58.4 Å². The highest BCUT2D eigenvalue weighted by Gasteiger charge is 2.00. The number of unbranched alkanes of at least 4 members (excludes halogenated alkanes) is 1. The molecule has 1 N–H and O–H groups in total. The van der Waals surface area contributed by atoms with Crippen LogP contribution in [-0.4, -0.2) is 38.3 Å². The lowest BCUT2D eigenvalue weighted by atomic mass is 10.3. The van der Waals surface area contributed by atoms with Gasteiger partial charge in [-0.25, -0.2) is 0 Å². The quantitative estimate of drug-likeness (QED) is 0.687. The number of thioether (sulfide) groups is 1. The van der Waals surface area contributed by atoms with Crippen molar-refractivity contribution in [3.63, 3.8) is 0 Å². The van der Waals surface area contributed by atoms with Gasteiger partial charge in [-0.3, -0.25) is 0 Å². The van der Waals surface area contributed by atoms with E-state index in [1.54, 1.807) is 11.8 Å². The standard InChI is InChI=1S/C13H24N2OS/c1-15(2)9-5-4-8-14-10-12-6-7-13(16-12)11-17-3/h6-7,14H,4-5,8-11H2,1-3H3. The smallest absolute Gasteiger partial charge is 0.117 e. The first-order valence-electron chi connectivity index (χ1n) is 6.14. The number of hydrogen-bond acceptors (Lipinski definition) is 4. The summed E-state index contributed by atoms with van der Waals surface area (Å²) in [7, 11) is 4.23. The molecule has 0 fully saturated rings. The molecule has 17 heavy (non-hydrogen) atoms. The molecule has 0 atom stereocenters. The van der Waals surface area contributed by atoms with Crippen LogP contribution in [0.3, 0.4) is 0 Å². The van der Waals surface area contributed by atoms with E-state index in [0.717, 1.165) is 30.4 Å². The normalized spacial score (nSPS) is 11.3. The van der Waals surface area contributed by atoms with Gasteiger partial charge in [-0.1, -0.05) is 0 Å². The van der Waals surface area contributed by atoms with Crippen molar-refractivity contribution < 1.29 is 4.42 Å². The van der Waals surface area contributed by atoms with Gasteiger partial charge in [0, 0.05) is 0 Å². The van der Waals surface area contributed by atoms with Crippen molar-refractivity contribution in [3.8, 4) is 0 Å². The molecule has 98 valence electrons. The summed E-state index contributed by atoms with van der Waals surface area (Å²) < 4.78 is 5.68. The van der Waals surface area contributed by atoms with Gasteiger partial charge in [0.25, 0.3) is 0 Å². The van der Waals surface area contributed by atoms with Crippen molar-refractivity contribution in [2.45, 2.75) is 25.1 Å². The van der Waals surface area contributed by atoms with E-state index in [9.17, 15) is 0 Å². The van der Waals surface area contributed by atoms with Crippen LogP contribution in [0.5, 0.6) is 0 Å². The summed E-state index contributed by atoms with van der Waals surface area (Å²) in [6.07, 6.45) is 4.55. The number of nitrogens with one attached hydrogen (secondary N) is 1. The van der Waals surface area contributed by atoms with E-state index in [-0.39, 0.29) is 0 Å². The number of hydrogen-bond donors (Lipinski definition) is 1. The van der Waals surface area contributed by atoms with Crippen LogP contribution in [0.4, 0.5) is 0 Å². The van der Waals surface area contributed by atoms with E-state index in [1.165, 1.54) is 19.4 Å². The second-order valence-corrected chi connectivity index (χ2v) is 5.35. The van der Waals surface area contributed by atoms with Gasteiger partial charge < -0.3 is 14.6 Å². The summed E-state index contributed by atoms with van der Waals surface area (Å²) in [5.41, 5.74) is 0. The van der Waals surface area contributed by atoms with Gasteiger partial charge in [-0.15, -0.1) is 0 Å². The predicted octanol–water partition coefficient (Wildman–Crippen LogP) is 2.57. The molecule has 1 heterocycles. The summed E-state index contributed by atoms with van der Waals surface area (Å²) in [4.78, 5) is 2.22. The fourth-order valence-electron chi connectivity index (χ4n) is 1.63. The molecule has 0 spiro atoms. The molecule has 0 amide bonds. The Balaban J connectivity index is 2.05. The zero-order valence-corrected chi connectivity index (χ0v) is 12.0. The minimum Gasteiger partial charge on any atom is -0.464 e. The molecular weight excluding hydrogens is 232 g/mol. The van der Waals surface area contributed by atoms with E-state index in [1.807, 2.05) is 0 Å². The van der Waals surface area contributed by atoms with E-state index < -0.39 is 0 Å². The van der Waals surface area contributed by atoms with E-state index in [4.69, 9.17) is 4.42 Å². The van der Waals surface area contributed by atoms with Crippen LogP contribution < -0.4 is 5.32 Å². The Hall–Kier alpha value is -0.450. The third-order valence-electron chi connectivity index (χ3n) is 2.51. The van der Waals surface area contributed by atoms with Crippen LogP contribution in [-0.2, 0) is 12.3 Å². The van der Waals surface area contributed by atoms with E-state index in [0.29, 0.717) is 0 Å². The molecule has 0 saturated carbocycles. The monoisotopic (exact) mass is 256 g/mol. The highest BCUT2D eigenvalue weighted by Crippen LogP contribution is 2.13. The first kappa shape index (κ1) is 14.6. The highest BCUT2D eigenvalue weighted by atomic mass is 32.2. The molecule has 0 saturated heterocycles. The number of rotatable bonds is 9. The third-order valence-corrected chi connectivity index (χ3v) is 3.09. The Labute approximate surface area is 109 Å². The van der Waals surface area contributed by atoms with Crippen molar-refractivity contribution in [1.29, 1.82) is 0 Å². The minimum atomic E-state index is 0.844. The SMILES string of the molecule is CSCc1ccc(CNCCCCN(C)C)o1. The maximum Gasteiger partial charge on any atom is 0.117 e. The topological polar surface area (TPSA) is 28.4 Å². The third kappa shape index (κ3) is 6.76. The van der Waals surface area contributed by atoms with Crippen molar-refractivity contribution in [2.24, 2.45) is 0 Å². The first-order chi connectivity index (χ1) is 8.22. The van der Waals surface area contributed by atoms with Crippen LogP contribution in [0.15, 0.2) is 16.5 Å². The molecule has 1 rings (SSSR count). The highest BCUT2D eigenvalue weighted by molar-refractivity contribution is 7.97. The maximum absolute atomic E-state index is 5.68.